The van der Waals surface area contributed by atoms with Gasteiger partial charge >= 0.3 is 6.18 Å². The molecular formula is C24H23ClF3N3O6S2. The monoisotopic (exact) mass is 605 g/mol. The SMILES string of the molecule is COc1ccc(S(=O)(=O)Nc2ccc(S(=O)(=O)Nc3ccc(Cl)c(C(F)(F)F)c3)cc2)cc1C(=O)NC(C)C. The maximum atomic E-state index is 13.1. The van der Waals surface area contributed by atoms with E-state index in [2.05, 4.69) is 10.0 Å². The summed E-state index contributed by atoms with van der Waals surface area (Å²) in [6.07, 6.45) is -4.79. The Morgan fingerprint density at radius 2 is 1.38 bits per heavy atom. The number of anilines is 2. The highest BCUT2D eigenvalue weighted by Gasteiger charge is 2.33. The second-order valence-corrected chi connectivity index (χ2v) is 12.2. The summed E-state index contributed by atoms with van der Waals surface area (Å²) in [7, 11) is -7.21. The van der Waals surface area contributed by atoms with Crippen molar-refractivity contribution in [1.82, 2.24) is 5.32 Å². The van der Waals surface area contributed by atoms with Crippen molar-refractivity contribution in [3.05, 3.63) is 76.8 Å². The minimum absolute atomic E-state index is 0.00234. The van der Waals surface area contributed by atoms with Crippen LogP contribution in [0, 0.1) is 0 Å². The van der Waals surface area contributed by atoms with E-state index in [0.717, 1.165) is 42.5 Å². The zero-order chi connectivity index (χ0) is 29.2. The Morgan fingerprint density at radius 1 is 0.846 bits per heavy atom. The number of methoxy groups -OCH3 is 1. The average molecular weight is 606 g/mol. The summed E-state index contributed by atoms with van der Waals surface area (Å²) in [6.45, 7) is 3.47. The lowest BCUT2D eigenvalue weighted by Crippen LogP contribution is -2.30. The highest BCUT2D eigenvalue weighted by molar-refractivity contribution is 7.93. The third-order valence-corrected chi connectivity index (χ3v) is 8.19. The zero-order valence-corrected chi connectivity index (χ0v) is 23.0. The second-order valence-electron chi connectivity index (χ2n) is 8.42. The van der Waals surface area contributed by atoms with E-state index in [1.54, 1.807) is 13.8 Å². The van der Waals surface area contributed by atoms with Crippen molar-refractivity contribution in [2.45, 2.75) is 35.9 Å². The molecule has 1 amide bonds. The summed E-state index contributed by atoms with van der Waals surface area (Å²) in [6, 6.07) is 10.5. The molecule has 0 heterocycles. The fourth-order valence-electron chi connectivity index (χ4n) is 3.31. The molecule has 9 nitrogen and oxygen atoms in total. The molecule has 0 fully saturated rings. The molecule has 0 aliphatic rings. The third kappa shape index (κ3) is 7.34. The molecular weight excluding hydrogens is 583 g/mol. The van der Waals surface area contributed by atoms with Crippen molar-refractivity contribution in [2.75, 3.05) is 16.6 Å². The first-order valence-electron chi connectivity index (χ1n) is 11.0. The number of benzene rings is 3. The average Bonchev–Trinajstić information content (AvgIpc) is 2.83. The molecule has 0 unspecified atom stereocenters. The standard InChI is InChI=1S/C24H23ClF3N3O6S2/c1-14(2)29-23(32)19-13-18(9-11-22(19)37-3)39(35,36)30-15-4-7-17(8-5-15)38(33,34)31-16-6-10-21(25)20(12-16)24(26,27)28/h4-14,30-31H,1-3H3,(H,29,32). The number of nitrogens with one attached hydrogen (secondary N) is 3. The Hall–Kier alpha value is -3.49. The maximum absolute atomic E-state index is 13.1. The lowest BCUT2D eigenvalue weighted by molar-refractivity contribution is -0.137. The van der Waals surface area contributed by atoms with Gasteiger partial charge in [-0.3, -0.25) is 14.2 Å². The molecule has 15 heteroatoms. The number of alkyl halides is 3. The molecule has 39 heavy (non-hydrogen) atoms. The van der Waals surface area contributed by atoms with Crippen LogP contribution in [0.1, 0.15) is 29.8 Å². The Balaban J connectivity index is 1.82. The van der Waals surface area contributed by atoms with E-state index in [4.69, 9.17) is 16.3 Å². The van der Waals surface area contributed by atoms with Gasteiger partial charge in [-0.2, -0.15) is 13.2 Å². The number of amides is 1. The molecule has 0 saturated carbocycles. The summed E-state index contributed by atoms with van der Waals surface area (Å²) >= 11 is 5.56. The zero-order valence-electron chi connectivity index (χ0n) is 20.6. The van der Waals surface area contributed by atoms with Gasteiger partial charge in [0.2, 0.25) is 0 Å². The van der Waals surface area contributed by atoms with Crippen LogP contribution < -0.4 is 19.5 Å². The van der Waals surface area contributed by atoms with Gasteiger partial charge < -0.3 is 10.1 Å². The highest BCUT2D eigenvalue weighted by Crippen LogP contribution is 2.36. The van der Waals surface area contributed by atoms with Crippen LogP contribution in [0.2, 0.25) is 5.02 Å². The summed E-state index contributed by atoms with van der Waals surface area (Å²) in [5.74, 6) is -0.374. The molecule has 3 aromatic carbocycles. The van der Waals surface area contributed by atoms with Crippen molar-refractivity contribution >= 4 is 48.9 Å². The van der Waals surface area contributed by atoms with Gasteiger partial charge in [0.25, 0.3) is 26.0 Å². The smallest absolute Gasteiger partial charge is 0.417 e. The normalized spacial score (nSPS) is 12.2. The van der Waals surface area contributed by atoms with Crippen LogP contribution in [-0.4, -0.2) is 35.9 Å². The van der Waals surface area contributed by atoms with Crippen LogP contribution in [0.15, 0.2) is 70.5 Å². The molecule has 0 aliphatic carbocycles. The van der Waals surface area contributed by atoms with Crippen molar-refractivity contribution in [3.63, 3.8) is 0 Å². The van der Waals surface area contributed by atoms with Crippen LogP contribution >= 0.6 is 11.6 Å². The van der Waals surface area contributed by atoms with E-state index >= 15 is 0 Å². The van der Waals surface area contributed by atoms with Crippen LogP contribution in [0.3, 0.4) is 0 Å². The van der Waals surface area contributed by atoms with Crippen molar-refractivity contribution in [2.24, 2.45) is 0 Å². The predicted octanol–water partition coefficient (Wildman–Crippen LogP) is 5.11. The van der Waals surface area contributed by atoms with Gasteiger partial charge in [0.15, 0.2) is 0 Å². The minimum Gasteiger partial charge on any atom is -0.496 e. The number of halogens is 4. The van der Waals surface area contributed by atoms with Gasteiger partial charge in [0, 0.05) is 17.4 Å². The Labute approximate surface area is 228 Å². The first kappa shape index (κ1) is 30.1. The van der Waals surface area contributed by atoms with Crippen LogP contribution in [0.5, 0.6) is 5.75 Å². The van der Waals surface area contributed by atoms with E-state index in [1.807, 2.05) is 4.72 Å². The largest absolute Gasteiger partial charge is 0.496 e. The van der Waals surface area contributed by atoms with Gasteiger partial charge in [-0.25, -0.2) is 16.8 Å². The number of hydrogen-bond donors (Lipinski definition) is 3. The Morgan fingerprint density at radius 3 is 1.95 bits per heavy atom. The Kier molecular flexibility index (Phi) is 8.72. The summed E-state index contributed by atoms with van der Waals surface area (Å²) in [5.41, 5.74) is -1.59. The molecule has 0 aromatic heterocycles. The quantitative estimate of drug-likeness (QED) is 0.311. The topological polar surface area (TPSA) is 131 Å². The number of ether oxygens (including phenoxy) is 1. The molecule has 3 N–H and O–H groups in total. The molecule has 0 bridgehead atoms. The van der Waals surface area contributed by atoms with Crippen molar-refractivity contribution in [3.8, 4) is 5.75 Å². The fraction of sp³-hybridized carbons (Fsp3) is 0.208. The summed E-state index contributed by atoms with van der Waals surface area (Å²) in [4.78, 5) is 11.9. The first-order chi connectivity index (χ1) is 18.0. The van der Waals surface area contributed by atoms with E-state index in [0.29, 0.717) is 6.07 Å². The fourth-order valence-corrected chi connectivity index (χ4v) is 5.67. The maximum Gasteiger partial charge on any atom is 0.417 e. The van der Waals surface area contributed by atoms with Crippen molar-refractivity contribution in [1.29, 1.82) is 0 Å². The van der Waals surface area contributed by atoms with E-state index in [-0.39, 0.29) is 38.5 Å². The lowest BCUT2D eigenvalue weighted by Gasteiger charge is -2.14. The predicted molar refractivity (Wildman–Crippen MR) is 140 cm³/mol. The van der Waals surface area contributed by atoms with Gasteiger partial charge in [-0.15, -0.1) is 0 Å². The lowest BCUT2D eigenvalue weighted by atomic mass is 10.2. The number of carbonyl (C=O) groups excluding carboxylic acids is 1. The third-order valence-electron chi connectivity index (χ3n) is 5.09. The number of sulfonamides is 2. The van der Waals surface area contributed by atoms with Crippen molar-refractivity contribution < 1.29 is 39.5 Å². The van der Waals surface area contributed by atoms with Crippen LogP contribution in [0.25, 0.3) is 0 Å². The van der Waals surface area contributed by atoms with Gasteiger partial charge in [0.05, 0.1) is 33.1 Å². The molecule has 3 aromatic rings. The first-order valence-corrected chi connectivity index (χ1v) is 14.4. The number of carbonyl (C=O) groups is 1. The second kappa shape index (κ2) is 11.3. The van der Waals surface area contributed by atoms with E-state index in [9.17, 15) is 34.8 Å². The molecule has 0 saturated heterocycles. The number of rotatable bonds is 9. The molecule has 0 radical (unpaired) electrons. The van der Waals surface area contributed by atoms with Crippen LogP contribution in [0.4, 0.5) is 24.5 Å². The van der Waals surface area contributed by atoms with E-state index in [1.165, 1.54) is 19.2 Å². The number of hydrogen-bond acceptors (Lipinski definition) is 6. The minimum atomic E-state index is -4.79. The van der Waals surface area contributed by atoms with Gasteiger partial charge in [-0.05, 0) is 74.5 Å². The van der Waals surface area contributed by atoms with Gasteiger partial charge in [-0.1, -0.05) is 11.6 Å². The van der Waals surface area contributed by atoms with Crippen LogP contribution in [-0.2, 0) is 26.2 Å². The van der Waals surface area contributed by atoms with Gasteiger partial charge in [0.1, 0.15) is 5.75 Å². The molecule has 0 spiro atoms. The summed E-state index contributed by atoms with van der Waals surface area (Å²) in [5, 5.41) is 2.06. The Bertz CT molecular complexity index is 1590. The summed E-state index contributed by atoms with van der Waals surface area (Å²) < 4.78 is 100. The molecule has 3 rings (SSSR count). The van der Waals surface area contributed by atoms with E-state index < -0.39 is 42.7 Å². The highest BCUT2D eigenvalue weighted by atomic mass is 35.5. The molecule has 0 aliphatic heterocycles. The molecule has 210 valence electrons. The molecule has 0 atom stereocenters.